The van der Waals surface area contributed by atoms with Crippen LogP contribution in [0.1, 0.15) is 24.8 Å². The van der Waals surface area contributed by atoms with E-state index in [2.05, 4.69) is 14.7 Å². The predicted molar refractivity (Wildman–Crippen MR) is 152 cm³/mol. The second-order valence-corrected chi connectivity index (χ2v) is 11.6. The molecule has 0 radical (unpaired) electrons. The number of aromatic nitrogens is 2. The van der Waals surface area contributed by atoms with Crippen molar-refractivity contribution in [3.63, 3.8) is 0 Å². The van der Waals surface area contributed by atoms with E-state index in [0.29, 0.717) is 42.9 Å². The molecule has 1 fully saturated rings. The van der Waals surface area contributed by atoms with Gasteiger partial charge >= 0.3 is 12.1 Å². The average molecular weight is 597 g/mol. The van der Waals surface area contributed by atoms with Gasteiger partial charge in [-0.15, -0.1) is 0 Å². The third-order valence-electron chi connectivity index (χ3n) is 7.09. The number of nitrogens with zero attached hydrogens (tertiary/aromatic N) is 3. The lowest BCUT2D eigenvalue weighted by atomic mass is 9.94. The Morgan fingerprint density at radius 1 is 0.881 bits per heavy atom. The van der Waals surface area contributed by atoms with Gasteiger partial charge in [-0.3, -0.25) is 9.52 Å². The Hall–Kier alpha value is -4.45. The minimum absolute atomic E-state index is 0.0410. The molecule has 5 rings (SSSR count). The van der Waals surface area contributed by atoms with E-state index < -0.39 is 33.4 Å². The largest absolute Gasteiger partial charge is 0.481 e. The molecular weight excluding hydrogens is 569 g/mol. The maximum absolute atomic E-state index is 14.1. The molecule has 12 heteroatoms. The number of aliphatic carboxylic acids is 1. The number of alkyl halides is 3. The number of carboxylic acid groups (broad SMARTS) is 1. The van der Waals surface area contributed by atoms with E-state index in [9.17, 15) is 26.4 Å². The zero-order valence-electron chi connectivity index (χ0n) is 22.3. The molecule has 218 valence electrons. The number of pyridine rings is 2. The summed E-state index contributed by atoms with van der Waals surface area (Å²) in [5, 5.41) is 8.72. The van der Waals surface area contributed by atoms with Crippen LogP contribution >= 0.6 is 0 Å². The number of hydrogen-bond acceptors (Lipinski definition) is 6. The number of rotatable bonds is 8. The number of carbonyl (C=O) groups is 1. The Labute approximate surface area is 240 Å². The molecule has 0 spiro atoms. The van der Waals surface area contributed by atoms with Crippen molar-refractivity contribution in [1.29, 1.82) is 0 Å². The predicted octanol–water partition coefficient (Wildman–Crippen LogP) is 6.32. The number of hydrogen-bond donors (Lipinski definition) is 2. The summed E-state index contributed by atoms with van der Waals surface area (Å²) in [7, 11) is -4.32. The molecule has 2 aromatic carbocycles. The van der Waals surface area contributed by atoms with Gasteiger partial charge in [0.15, 0.2) is 5.03 Å². The van der Waals surface area contributed by atoms with Crippen molar-refractivity contribution in [3.8, 4) is 22.4 Å². The zero-order chi connectivity index (χ0) is 29.9. The molecule has 0 amide bonds. The Morgan fingerprint density at radius 2 is 1.55 bits per heavy atom. The minimum atomic E-state index is -4.74. The number of anilines is 2. The van der Waals surface area contributed by atoms with Crippen LogP contribution in [0.2, 0.25) is 0 Å². The number of sulfonamides is 1. The molecule has 2 aromatic heterocycles. The number of benzene rings is 2. The Balaban J connectivity index is 1.45. The molecule has 42 heavy (non-hydrogen) atoms. The van der Waals surface area contributed by atoms with Crippen LogP contribution in [0.25, 0.3) is 22.4 Å². The molecule has 0 bridgehead atoms. The van der Waals surface area contributed by atoms with E-state index in [-0.39, 0.29) is 28.7 Å². The van der Waals surface area contributed by atoms with Gasteiger partial charge in [-0.25, -0.2) is 9.97 Å². The number of piperidine rings is 1. The van der Waals surface area contributed by atoms with Crippen LogP contribution < -0.4 is 9.62 Å². The van der Waals surface area contributed by atoms with E-state index in [1.54, 1.807) is 54.6 Å². The summed E-state index contributed by atoms with van der Waals surface area (Å²) in [6, 6.07) is 21.7. The average Bonchev–Trinajstić information content (AvgIpc) is 2.97. The zero-order valence-corrected chi connectivity index (χ0v) is 23.1. The van der Waals surface area contributed by atoms with Gasteiger partial charge in [-0.1, -0.05) is 60.7 Å². The van der Waals surface area contributed by atoms with Gasteiger partial charge in [-0.2, -0.15) is 21.6 Å². The SMILES string of the molecule is O=C(O)CC1CCN(c2cccc(S(=O)(=O)Nc3ccc(C(F)(F)F)c(-c4ccccc4-c4ccccc4)n3)n2)CC1. The van der Waals surface area contributed by atoms with Crippen LogP contribution in [-0.4, -0.2) is 42.6 Å². The van der Waals surface area contributed by atoms with Gasteiger partial charge in [0.1, 0.15) is 11.6 Å². The summed E-state index contributed by atoms with van der Waals surface area (Å²) in [6.07, 6.45) is -3.40. The van der Waals surface area contributed by atoms with Crippen molar-refractivity contribution >= 4 is 27.6 Å². The van der Waals surface area contributed by atoms with Gasteiger partial charge in [0, 0.05) is 25.1 Å². The molecule has 0 unspecified atom stereocenters. The molecular formula is C30H27F3N4O4S. The van der Waals surface area contributed by atoms with Crippen molar-refractivity contribution < 1.29 is 31.5 Å². The van der Waals surface area contributed by atoms with Crippen molar-refractivity contribution in [2.45, 2.75) is 30.5 Å². The Morgan fingerprint density at radius 3 is 2.21 bits per heavy atom. The van der Waals surface area contributed by atoms with Crippen LogP contribution in [0.4, 0.5) is 24.8 Å². The first kappa shape index (κ1) is 29.1. The summed E-state index contributed by atoms with van der Waals surface area (Å²) in [5.41, 5.74) is -0.0172. The second-order valence-electron chi connectivity index (χ2n) is 9.97. The third-order valence-corrected chi connectivity index (χ3v) is 8.35. The van der Waals surface area contributed by atoms with Gasteiger partial charge in [-0.05, 0) is 54.2 Å². The molecule has 1 aliphatic heterocycles. The monoisotopic (exact) mass is 596 g/mol. The summed E-state index contributed by atoms with van der Waals surface area (Å²) in [5.74, 6) is -0.694. The normalized spacial score (nSPS) is 14.5. The molecule has 2 N–H and O–H groups in total. The second kappa shape index (κ2) is 11.8. The maximum Gasteiger partial charge on any atom is 0.418 e. The van der Waals surface area contributed by atoms with Gasteiger partial charge < -0.3 is 10.0 Å². The lowest BCUT2D eigenvalue weighted by Crippen LogP contribution is -2.35. The van der Waals surface area contributed by atoms with Crippen molar-refractivity contribution in [1.82, 2.24) is 9.97 Å². The fraction of sp³-hybridized carbons (Fsp3) is 0.233. The molecule has 0 aliphatic carbocycles. The van der Waals surface area contributed by atoms with Crippen molar-refractivity contribution in [3.05, 3.63) is 90.5 Å². The molecule has 1 aliphatic rings. The van der Waals surface area contributed by atoms with Gasteiger partial charge in [0.2, 0.25) is 0 Å². The lowest BCUT2D eigenvalue weighted by molar-refractivity contribution is -0.138. The van der Waals surface area contributed by atoms with E-state index in [1.165, 1.54) is 18.2 Å². The van der Waals surface area contributed by atoms with E-state index >= 15 is 0 Å². The van der Waals surface area contributed by atoms with Crippen LogP contribution in [0, 0.1) is 5.92 Å². The topological polar surface area (TPSA) is 112 Å². The molecule has 0 saturated carbocycles. The highest BCUT2D eigenvalue weighted by atomic mass is 32.2. The maximum atomic E-state index is 14.1. The highest BCUT2D eigenvalue weighted by Crippen LogP contribution is 2.40. The molecule has 3 heterocycles. The first-order valence-corrected chi connectivity index (χ1v) is 14.7. The van der Waals surface area contributed by atoms with E-state index in [4.69, 9.17) is 5.11 Å². The van der Waals surface area contributed by atoms with Crippen LogP contribution in [0.3, 0.4) is 0 Å². The molecule has 0 atom stereocenters. The summed E-state index contributed by atoms with van der Waals surface area (Å²) >= 11 is 0. The Kier molecular flexibility index (Phi) is 8.17. The van der Waals surface area contributed by atoms with Gasteiger partial charge in [0.25, 0.3) is 10.0 Å². The lowest BCUT2D eigenvalue weighted by Gasteiger charge is -2.32. The summed E-state index contributed by atoms with van der Waals surface area (Å²) in [6.45, 7) is 1.04. The van der Waals surface area contributed by atoms with E-state index in [1.807, 2.05) is 4.90 Å². The Bertz CT molecular complexity index is 1690. The number of nitrogens with one attached hydrogen (secondary N) is 1. The fourth-order valence-electron chi connectivity index (χ4n) is 5.04. The fourth-order valence-corrected chi connectivity index (χ4v) is 6.01. The number of halogens is 3. The van der Waals surface area contributed by atoms with Crippen LogP contribution in [-0.2, 0) is 21.0 Å². The van der Waals surface area contributed by atoms with Gasteiger partial charge in [0.05, 0.1) is 11.3 Å². The standard InChI is InChI=1S/C30H27F3N4O4S/c31-30(32,33)24-13-14-25(34-29(24)23-10-5-4-9-22(23)21-7-2-1-3-8-21)36-42(40,41)27-12-6-11-26(35-27)37-17-15-20(16-18-37)19-28(38)39/h1-14,20H,15-19H2,(H,34,36)(H,38,39). The van der Waals surface area contributed by atoms with Crippen LogP contribution in [0.5, 0.6) is 0 Å². The van der Waals surface area contributed by atoms with Crippen molar-refractivity contribution in [2.24, 2.45) is 5.92 Å². The minimum Gasteiger partial charge on any atom is -0.481 e. The smallest absolute Gasteiger partial charge is 0.418 e. The summed E-state index contributed by atoms with van der Waals surface area (Å²) < 4.78 is 71.2. The molecule has 1 saturated heterocycles. The summed E-state index contributed by atoms with van der Waals surface area (Å²) in [4.78, 5) is 21.3. The quantitative estimate of drug-likeness (QED) is 0.245. The first-order chi connectivity index (χ1) is 20.0. The van der Waals surface area contributed by atoms with Crippen LogP contribution in [0.15, 0.2) is 90.0 Å². The first-order valence-electron chi connectivity index (χ1n) is 13.2. The molecule has 4 aromatic rings. The molecule has 8 nitrogen and oxygen atoms in total. The van der Waals surface area contributed by atoms with Crippen molar-refractivity contribution in [2.75, 3.05) is 22.7 Å². The third kappa shape index (κ3) is 6.54. The highest BCUT2D eigenvalue weighted by molar-refractivity contribution is 7.92. The number of carboxylic acids is 1. The van der Waals surface area contributed by atoms with E-state index in [0.717, 1.165) is 12.1 Å². The highest BCUT2D eigenvalue weighted by Gasteiger charge is 2.35.